The largest absolute Gasteiger partial charge is 0.497 e. The molecule has 4 aromatic rings. The van der Waals surface area contributed by atoms with E-state index >= 15 is 0 Å². The molecule has 0 aliphatic rings. The van der Waals surface area contributed by atoms with E-state index in [1.54, 1.807) is 55.8 Å². The smallest absolute Gasteiger partial charge is 0.441 e. The van der Waals surface area contributed by atoms with Crippen molar-refractivity contribution in [2.24, 2.45) is 0 Å². The SMILES string of the molecule is COc1ccc(-[n+]2[nH]oc(=O)c2C(=O)Nc2cccc3ncccc23)cc1. The topological polar surface area (TPSA) is 101 Å². The van der Waals surface area contributed by atoms with Crippen LogP contribution in [0.4, 0.5) is 5.69 Å². The molecule has 8 heteroatoms. The Morgan fingerprint density at radius 3 is 2.74 bits per heavy atom. The molecule has 0 aliphatic carbocycles. The molecule has 2 aromatic carbocycles. The summed E-state index contributed by atoms with van der Waals surface area (Å²) in [5.74, 6) is 0.0524. The van der Waals surface area contributed by atoms with Crippen molar-refractivity contribution in [3.05, 3.63) is 76.9 Å². The number of pyridine rings is 1. The highest BCUT2D eigenvalue weighted by Gasteiger charge is 2.31. The summed E-state index contributed by atoms with van der Waals surface area (Å²) < 4.78 is 11.2. The predicted octanol–water partition coefficient (Wildman–Crippen LogP) is 2.05. The number of carbonyl (C=O) groups excluding carboxylic acids is 1. The summed E-state index contributed by atoms with van der Waals surface area (Å²) in [4.78, 5) is 29.2. The molecule has 2 N–H and O–H groups in total. The van der Waals surface area contributed by atoms with Gasteiger partial charge in [0.15, 0.2) is 0 Å². The van der Waals surface area contributed by atoms with E-state index < -0.39 is 11.5 Å². The van der Waals surface area contributed by atoms with E-state index in [0.29, 0.717) is 17.1 Å². The number of nitrogens with zero attached hydrogens (tertiary/aromatic N) is 2. The minimum Gasteiger partial charge on any atom is -0.497 e. The lowest BCUT2D eigenvalue weighted by molar-refractivity contribution is -0.672. The van der Waals surface area contributed by atoms with Crippen molar-refractivity contribution in [2.75, 3.05) is 12.4 Å². The number of fused-ring (bicyclic) bond motifs is 1. The molecule has 2 heterocycles. The first kappa shape index (κ1) is 16.5. The molecule has 4 rings (SSSR count). The molecule has 0 atom stereocenters. The van der Waals surface area contributed by atoms with Gasteiger partial charge < -0.3 is 10.1 Å². The van der Waals surface area contributed by atoms with Crippen LogP contribution in [-0.2, 0) is 0 Å². The van der Waals surface area contributed by atoms with Crippen LogP contribution in [0.25, 0.3) is 16.6 Å². The minimum atomic E-state index is -0.776. The number of nitrogens with one attached hydrogen (secondary N) is 2. The van der Waals surface area contributed by atoms with E-state index in [9.17, 15) is 9.59 Å². The van der Waals surface area contributed by atoms with Gasteiger partial charge in [0.1, 0.15) is 5.75 Å². The Balaban J connectivity index is 1.72. The molecular formula is C19H15N4O4+. The van der Waals surface area contributed by atoms with Crippen LogP contribution < -0.4 is 20.4 Å². The van der Waals surface area contributed by atoms with Gasteiger partial charge >= 0.3 is 17.2 Å². The van der Waals surface area contributed by atoms with Crippen molar-refractivity contribution in [1.29, 1.82) is 0 Å². The summed E-state index contributed by atoms with van der Waals surface area (Å²) in [7, 11) is 1.56. The first-order chi connectivity index (χ1) is 13.2. The average molecular weight is 363 g/mol. The van der Waals surface area contributed by atoms with Gasteiger partial charge in [-0.15, -0.1) is 0 Å². The highest BCUT2D eigenvalue weighted by molar-refractivity contribution is 6.06. The lowest BCUT2D eigenvalue weighted by Crippen LogP contribution is -2.42. The first-order valence-corrected chi connectivity index (χ1v) is 8.10. The minimum absolute atomic E-state index is 0.180. The Morgan fingerprint density at radius 1 is 1.15 bits per heavy atom. The van der Waals surface area contributed by atoms with E-state index in [0.717, 1.165) is 10.9 Å². The molecule has 0 fully saturated rings. The Kier molecular flexibility index (Phi) is 4.13. The number of rotatable bonds is 4. The summed E-state index contributed by atoms with van der Waals surface area (Å²) in [5.41, 5.74) is 0.876. The number of aromatic amines is 1. The van der Waals surface area contributed by atoms with Gasteiger partial charge in [0.2, 0.25) is 5.69 Å². The van der Waals surface area contributed by atoms with Crippen LogP contribution in [0.15, 0.2) is 70.1 Å². The number of hydrogen-bond acceptors (Lipinski definition) is 5. The maximum absolute atomic E-state index is 12.8. The number of ether oxygens (including phenoxy) is 1. The van der Waals surface area contributed by atoms with Gasteiger partial charge in [0, 0.05) is 23.7 Å². The normalized spacial score (nSPS) is 10.7. The quantitative estimate of drug-likeness (QED) is 0.541. The van der Waals surface area contributed by atoms with E-state index in [1.165, 1.54) is 4.68 Å². The van der Waals surface area contributed by atoms with E-state index in [1.807, 2.05) is 12.1 Å². The summed E-state index contributed by atoms with van der Waals surface area (Å²) >= 11 is 0. The van der Waals surface area contributed by atoms with Crippen LogP contribution in [0.5, 0.6) is 5.75 Å². The van der Waals surface area contributed by atoms with Crippen LogP contribution in [0, 0.1) is 0 Å². The molecule has 8 nitrogen and oxygen atoms in total. The van der Waals surface area contributed by atoms with Crippen LogP contribution in [0.3, 0.4) is 0 Å². The fourth-order valence-electron chi connectivity index (χ4n) is 2.77. The number of benzene rings is 2. The van der Waals surface area contributed by atoms with Gasteiger partial charge in [-0.25, -0.2) is 4.79 Å². The molecule has 0 spiro atoms. The monoisotopic (exact) mass is 363 g/mol. The number of amides is 1. The number of hydrogen-bond donors (Lipinski definition) is 2. The fraction of sp³-hybridized carbons (Fsp3) is 0.0526. The second-order valence-electron chi connectivity index (χ2n) is 5.69. The van der Waals surface area contributed by atoms with Crippen LogP contribution >= 0.6 is 0 Å². The summed E-state index contributed by atoms with van der Waals surface area (Å²) in [6.45, 7) is 0. The number of carbonyl (C=O) groups is 1. The van der Waals surface area contributed by atoms with Gasteiger partial charge in [0.05, 0.1) is 18.3 Å². The van der Waals surface area contributed by atoms with Crippen molar-refractivity contribution < 1.29 is 18.7 Å². The summed E-state index contributed by atoms with van der Waals surface area (Å²) in [6.07, 6.45) is 1.67. The Bertz CT molecular complexity index is 1170. The number of aromatic nitrogens is 3. The van der Waals surface area contributed by atoms with Crippen LogP contribution in [0.2, 0.25) is 0 Å². The molecule has 1 amide bonds. The third-order valence-electron chi connectivity index (χ3n) is 4.09. The standard InChI is InChI=1S/C19H14N4O4/c1-26-13-9-7-12(8-10-13)23-17(19(25)27-22-23)18(24)21-16-6-2-5-15-14(16)4-3-11-20-15/h2-11H,1H3,(H-,20,21,22,24,25)/p+1. The van der Waals surface area contributed by atoms with Crippen molar-refractivity contribution in [2.45, 2.75) is 0 Å². The fourth-order valence-corrected chi connectivity index (χ4v) is 2.77. The molecule has 0 unspecified atom stereocenters. The van der Waals surface area contributed by atoms with E-state index in [2.05, 4.69) is 15.6 Å². The first-order valence-electron chi connectivity index (χ1n) is 8.10. The highest BCUT2D eigenvalue weighted by Crippen LogP contribution is 2.21. The number of methoxy groups -OCH3 is 1. The van der Waals surface area contributed by atoms with Crippen LogP contribution in [0.1, 0.15) is 10.5 Å². The molecule has 0 saturated carbocycles. The van der Waals surface area contributed by atoms with Gasteiger partial charge in [0.25, 0.3) is 0 Å². The second kappa shape index (κ2) is 6.75. The molecule has 27 heavy (non-hydrogen) atoms. The zero-order valence-electron chi connectivity index (χ0n) is 14.3. The molecule has 0 aliphatic heterocycles. The molecule has 134 valence electrons. The zero-order valence-corrected chi connectivity index (χ0v) is 14.3. The Hall–Kier alpha value is -3.94. The predicted molar refractivity (Wildman–Crippen MR) is 97.1 cm³/mol. The molecule has 0 bridgehead atoms. The molecule has 2 aromatic heterocycles. The zero-order chi connectivity index (χ0) is 18.8. The van der Waals surface area contributed by atoms with Crippen molar-refractivity contribution in [1.82, 2.24) is 10.3 Å². The van der Waals surface area contributed by atoms with E-state index in [-0.39, 0.29) is 5.69 Å². The highest BCUT2D eigenvalue weighted by atomic mass is 16.5. The lowest BCUT2D eigenvalue weighted by atomic mass is 10.2. The molecule has 0 saturated heterocycles. The van der Waals surface area contributed by atoms with Gasteiger partial charge in [-0.2, -0.15) is 0 Å². The number of H-pyrrole nitrogens is 1. The molecule has 0 radical (unpaired) electrons. The van der Waals surface area contributed by atoms with E-state index in [4.69, 9.17) is 9.26 Å². The lowest BCUT2D eigenvalue weighted by Gasteiger charge is -2.05. The number of anilines is 1. The second-order valence-corrected chi connectivity index (χ2v) is 5.69. The third kappa shape index (κ3) is 3.04. The summed E-state index contributed by atoms with van der Waals surface area (Å²) in [5, 5.41) is 5.97. The maximum Gasteiger partial charge on any atom is 0.441 e. The van der Waals surface area contributed by atoms with Gasteiger partial charge in [-0.3, -0.25) is 14.3 Å². The molecular weight excluding hydrogens is 348 g/mol. The van der Waals surface area contributed by atoms with Crippen molar-refractivity contribution in [3.63, 3.8) is 0 Å². The van der Waals surface area contributed by atoms with Crippen molar-refractivity contribution >= 4 is 22.5 Å². The Morgan fingerprint density at radius 2 is 1.96 bits per heavy atom. The van der Waals surface area contributed by atoms with Crippen molar-refractivity contribution in [3.8, 4) is 11.4 Å². The van der Waals surface area contributed by atoms with Crippen LogP contribution in [-0.4, -0.2) is 23.3 Å². The van der Waals surface area contributed by atoms with Gasteiger partial charge in [-0.05, 0) is 46.4 Å². The maximum atomic E-state index is 12.8. The third-order valence-corrected chi connectivity index (χ3v) is 4.09. The average Bonchev–Trinajstić information content (AvgIpc) is 3.10. The van der Waals surface area contributed by atoms with Gasteiger partial charge in [-0.1, -0.05) is 6.07 Å². The Labute approximate surface area is 153 Å². The summed E-state index contributed by atoms with van der Waals surface area (Å²) in [6, 6.07) is 15.8.